The normalized spacial score (nSPS) is 10.6. The predicted molar refractivity (Wildman–Crippen MR) is 75.2 cm³/mol. The lowest BCUT2D eigenvalue weighted by Crippen LogP contribution is -2.15. The maximum absolute atomic E-state index is 11.6. The number of aromatic hydroxyl groups is 1. The summed E-state index contributed by atoms with van der Waals surface area (Å²) in [5.74, 6) is -0.652. The molecule has 0 unspecified atom stereocenters. The lowest BCUT2D eigenvalue weighted by atomic mass is 10.1. The lowest BCUT2D eigenvalue weighted by Gasteiger charge is -2.08. The van der Waals surface area contributed by atoms with E-state index in [1.807, 2.05) is 6.07 Å². The number of para-hydroxylation sites is 3. The summed E-state index contributed by atoms with van der Waals surface area (Å²) < 4.78 is 0. The van der Waals surface area contributed by atoms with Crippen molar-refractivity contribution >= 4 is 16.9 Å². The molecule has 2 aromatic carbocycles. The molecular formula is C15H11N3O2. The Hall–Kier alpha value is -2.95. The standard InChI is InChI=1S/C15H11N3O2/c16-15(20)14-13(9-5-1-4-8-12(9)19)17-10-6-2-3-7-11(10)18-14/h1-8,19H,(H2,16,20). The van der Waals surface area contributed by atoms with Gasteiger partial charge in [-0.15, -0.1) is 0 Å². The summed E-state index contributed by atoms with van der Waals surface area (Å²) in [6.07, 6.45) is 0. The summed E-state index contributed by atoms with van der Waals surface area (Å²) >= 11 is 0. The van der Waals surface area contributed by atoms with Crippen molar-refractivity contribution in [3.05, 3.63) is 54.2 Å². The molecule has 0 fully saturated rings. The van der Waals surface area contributed by atoms with Gasteiger partial charge in [0.15, 0.2) is 5.69 Å². The van der Waals surface area contributed by atoms with Gasteiger partial charge in [-0.25, -0.2) is 9.97 Å². The van der Waals surface area contributed by atoms with E-state index >= 15 is 0 Å². The van der Waals surface area contributed by atoms with E-state index in [0.29, 0.717) is 16.6 Å². The van der Waals surface area contributed by atoms with Gasteiger partial charge in [0.2, 0.25) is 0 Å². The monoisotopic (exact) mass is 265 g/mol. The highest BCUT2D eigenvalue weighted by atomic mass is 16.3. The van der Waals surface area contributed by atoms with Crippen LogP contribution >= 0.6 is 0 Å². The van der Waals surface area contributed by atoms with Gasteiger partial charge in [-0.2, -0.15) is 0 Å². The zero-order valence-corrected chi connectivity index (χ0v) is 10.4. The largest absolute Gasteiger partial charge is 0.507 e. The van der Waals surface area contributed by atoms with Crippen molar-refractivity contribution in [2.45, 2.75) is 0 Å². The number of nitrogens with zero attached hydrogens (tertiary/aromatic N) is 2. The van der Waals surface area contributed by atoms with Gasteiger partial charge in [0.05, 0.1) is 11.0 Å². The molecule has 0 aliphatic carbocycles. The van der Waals surface area contributed by atoms with E-state index in [4.69, 9.17) is 5.73 Å². The van der Waals surface area contributed by atoms with Crippen molar-refractivity contribution in [1.29, 1.82) is 0 Å². The second-order valence-corrected chi connectivity index (χ2v) is 4.29. The predicted octanol–water partition coefficient (Wildman–Crippen LogP) is 2.10. The first kappa shape index (κ1) is 12.1. The molecule has 1 amide bonds. The summed E-state index contributed by atoms with van der Waals surface area (Å²) in [4.78, 5) is 20.2. The molecule has 0 saturated heterocycles. The average Bonchev–Trinajstić information content (AvgIpc) is 2.46. The maximum atomic E-state index is 11.6. The second-order valence-electron chi connectivity index (χ2n) is 4.29. The molecule has 0 radical (unpaired) electrons. The zero-order valence-electron chi connectivity index (χ0n) is 10.4. The molecule has 3 N–H and O–H groups in total. The maximum Gasteiger partial charge on any atom is 0.269 e. The molecule has 3 rings (SSSR count). The smallest absolute Gasteiger partial charge is 0.269 e. The molecule has 0 aliphatic rings. The summed E-state index contributed by atoms with van der Waals surface area (Å²) in [5, 5.41) is 9.92. The van der Waals surface area contributed by atoms with Crippen LogP contribution in [0, 0.1) is 0 Å². The van der Waals surface area contributed by atoms with Crippen LogP contribution in [0.25, 0.3) is 22.3 Å². The van der Waals surface area contributed by atoms with Crippen LogP contribution in [0.1, 0.15) is 10.5 Å². The first-order chi connectivity index (χ1) is 9.66. The number of nitrogens with two attached hydrogens (primary N) is 1. The van der Waals surface area contributed by atoms with E-state index in [9.17, 15) is 9.90 Å². The Balaban J connectivity index is 2.36. The number of carbonyl (C=O) groups is 1. The molecule has 20 heavy (non-hydrogen) atoms. The second kappa shape index (κ2) is 4.62. The third-order valence-corrected chi connectivity index (χ3v) is 2.96. The Morgan fingerprint density at radius 3 is 2.20 bits per heavy atom. The van der Waals surface area contributed by atoms with E-state index in [0.717, 1.165) is 0 Å². The van der Waals surface area contributed by atoms with Gasteiger partial charge in [0.1, 0.15) is 11.4 Å². The summed E-state index contributed by atoms with van der Waals surface area (Å²) in [5.41, 5.74) is 7.35. The summed E-state index contributed by atoms with van der Waals surface area (Å²) in [7, 11) is 0. The van der Waals surface area contributed by atoms with Crippen LogP contribution in [0.2, 0.25) is 0 Å². The fourth-order valence-corrected chi connectivity index (χ4v) is 2.03. The van der Waals surface area contributed by atoms with Gasteiger partial charge in [0.25, 0.3) is 5.91 Å². The van der Waals surface area contributed by atoms with Crippen LogP contribution in [-0.2, 0) is 0 Å². The molecule has 1 heterocycles. The van der Waals surface area contributed by atoms with Gasteiger partial charge in [-0.05, 0) is 24.3 Å². The first-order valence-corrected chi connectivity index (χ1v) is 6.02. The highest BCUT2D eigenvalue weighted by molar-refractivity contribution is 5.99. The molecule has 0 atom stereocenters. The van der Waals surface area contributed by atoms with Gasteiger partial charge >= 0.3 is 0 Å². The Bertz CT molecular complexity index is 815. The number of benzene rings is 2. The minimum Gasteiger partial charge on any atom is -0.507 e. The lowest BCUT2D eigenvalue weighted by molar-refractivity contribution is 0.0996. The van der Waals surface area contributed by atoms with Crippen molar-refractivity contribution in [2.24, 2.45) is 5.73 Å². The van der Waals surface area contributed by atoms with Crippen molar-refractivity contribution in [2.75, 3.05) is 0 Å². The van der Waals surface area contributed by atoms with Crippen molar-refractivity contribution in [1.82, 2.24) is 9.97 Å². The fraction of sp³-hybridized carbons (Fsp3) is 0. The molecule has 0 saturated carbocycles. The number of phenols is 1. The molecule has 1 aromatic heterocycles. The Labute approximate surface area is 114 Å². The van der Waals surface area contributed by atoms with Crippen molar-refractivity contribution in [3.63, 3.8) is 0 Å². The summed E-state index contributed by atoms with van der Waals surface area (Å²) in [6, 6.07) is 13.8. The quantitative estimate of drug-likeness (QED) is 0.742. The molecule has 5 nitrogen and oxygen atoms in total. The number of rotatable bonds is 2. The van der Waals surface area contributed by atoms with Crippen LogP contribution < -0.4 is 5.73 Å². The van der Waals surface area contributed by atoms with Gasteiger partial charge in [-0.3, -0.25) is 4.79 Å². The van der Waals surface area contributed by atoms with Crippen LogP contribution in [0.15, 0.2) is 48.5 Å². The van der Waals surface area contributed by atoms with E-state index in [2.05, 4.69) is 9.97 Å². The average molecular weight is 265 g/mol. The minimum atomic E-state index is -0.679. The number of hydrogen-bond acceptors (Lipinski definition) is 4. The van der Waals surface area contributed by atoms with Crippen LogP contribution in [0.5, 0.6) is 5.75 Å². The highest BCUT2D eigenvalue weighted by Gasteiger charge is 2.17. The zero-order chi connectivity index (χ0) is 14.1. The highest BCUT2D eigenvalue weighted by Crippen LogP contribution is 2.30. The summed E-state index contributed by atoms with van der Waals surface area (Å²) in [6.45, 7) is 0. The van der Waals surface area contributed by atoms with Gasteiger partial charge in [-0.1, -0.05) is 24.3 Å². The number of hydrogen-bond donors (Lipinski definition) is 2. The molecule has 0 aliphatic heterocycles. The minimum absolute atomic E-state index is 0.0274. The van der Waals surface area contributed by atoms with Crippen LogP contribution in [0.3, 0.4) is 0 Å². The van der Waals surface area contributed by atoms with Gasteiger partial charge in [0, 0.05) is 5.56 Å². The van der Waals surface area contributed by atoms with Crippen molar-refractivity contribution < 1.29 is 9.90 Å². The SMILES string of the molecule is NC(=O)c1nc2ccccc2nc1-c1ccccc1O. The molecule has 5 heteroatoms. The Morgan fingerprint density at radius 2 is 1.55 bits per heavy atom. The van der Waals surface area contributed by atoms with E-state index in [1.165, 1.54) is 6.07 Å². The van der Waals surface area contributed by atoms with Crippen LogP contribution in [0.4, 0.5) is 0 Å². The topological polar surface area (TPSA) is 89.1 Å². The Kier molecular flexibility index (Phi) is 2.80. The number of phenolic OH excluding ortho intramolecular Hbond substituents is 1. The van der Waals surface area contributed by atoms with Crippen molar-refractivity contribution in [3.8, 4) is 17.0 Å². The number of fused-ring (bicyclic) bond motifs is 1. The Morgan fingerprint density at radius 1 is 0.950 bits per heavy atom. The first-order valence-electron chi connectivity index (χ1n) is 6.02. The van der Waals surface area contributed by atoms with E-state index in [-0.39, 0.29) is 17.1 Å². The molecule has 3 aromatic rings. The third kappa shape index (κ3) is 1.95. The van der Waals surface area contributed by atoms with E-state index < -0.39 is 5.91 Å². The molecule has 0 spiro atoms. The molecular weight excluding hydrogens is 254 g/mol. The fourth-order valence-electron chi connectivity index (χ4n) is 2.03. The molecule has 0 bridgehead atoms. The number of carbonyl (C=O) groups excluding carboxylic acids is 1. The number of primary amides is 1. The van der Waals surface area contributed by atoms with Crippen LogP contribution in [-0.4, -0.2) is 21.0 Å². The third-order valence-electron chi connectivity index (χ3n) is 2.96. The number of aromatic nitrogens is 2. The van der Waals surface area contributed by atoms with Gasteiger partial charge < -0.3 is 10.8 Å². The number of amides is 1. The van der Waals surface area contributed by atoms with E-state index in [1.54, 1.807) is 36.4 Å². The molecule has 98 valence electrons.